The second kappa shape index (κ2) is 6.70. The number of methoxy groups -OCH3 is 1. The highest BCUT2D eigenvalue weighted by atomic mass is 35.5. The third kappa shape index (κ3) is 3.60. The summed E-state index contributed by atoms with van der Waals surface area (Å²) < 4.78 is 10.9. The summed E-state index contributed by atoms with van der Waals surface area (Å²) in [7, 11) is 1.53. The average molecular weight is 325 g/mol. The van der Waals surface area contributed by atoms with Gasteiger partial charge in [0.15, 0.2) is 11.5 Å². The summed E-state index contributed by atoms with van der Waals surface area (Å²) in [5, 5.41) is 8.37. The van der Waals surface area contributed by atoms with Gasteiger partial charge in [-0.15, -0.1) is 0 Å². The van der Waals surface area contributed by atoms with E-state index in [1.54, 1.807) is 24.3 Å². The SMILES string of the molecule is COc1cc(C(=N)N)ccc1OCc1cccc(Cl)c1Cl. The van der Waals surface area contributed by atoms with E-state index in [0.717, 1.165) is 5.56 Å². The lowest BCUT2D eigenvalue weighted by Crippen LogP contribution is -2.11. The van der Waals surface area contributed by atoms with Gasteiger partial charge in [-0.1, -0.05) is 35.3 Å². The van der Waals surface area contributed by atoms with Crippen LogP contribution in [0.25, 0.3) is 0 Å². The minimum Gasteiger partial charge on any atom is -0.493 e. The third-order valence-electron chi connectivity index (χ3n) is 2.89. The average Bonchev–Trinajstić information content (AvgIpc) is 2.48. The molecule has 0 bridgehead atoms. The van der Waals surface area contributed by atoms with Gasteiger partial charge in [-0.2, -0.15) is 0 Å². The van der Waals surface area contributed by atoms with E-state index in [9.17, 15) is 0 Å². The van der Waals surface area contributed by atoms with E-state index in [-0.39, 0.29) is 12.4 Å². The van der Waals surface area contributed by atoms with Gasteiger partial charge in [-0.3, -0.25) is 5.41 Å². The molecule has 2 aromatic rings. The van der Waals surface area contributed by atoms with Crippen LogP contribution >= 0.6 is 23.2 Å². The number of amidine groups is 1. The minimum absolute atomic E-state index is 0.0299. The van der Waals surface area contributed by atoms with Crippen LogP contribution in [0.1, 0.15) is 11.1 Å². The molecule has 2 rings (SSSR count). The van der Waals surface area contributed by atoms with Crippen molar-refractivity contribution in [2.24, 2.45) is 5.73 Å². The summed E-state index contributed by atoms with van der Waals surface area (Å²) >= 11 is 12.1. The van der Waals surface area contributed by atoms with E-state index in [4.69, 9.17) is 43.8 Å². The molecule has 0 unspecified atom stereocenters. The molecule has 0 atom stereocenters. The normalized spacial score (nSPS) is 10.2. The van der Waals surface area contributed by atoms with Crippen LogP contribution in [0.4, 0.5) is 0 Å². The van der Waals surface area contributed by atoms with E-state index < -0.39 is 0 Å². The highest BCUT2D eigenvalue weighted by Gasteiger charge is 2.10. The summed E-state index contributed by atoms with van der Waals surface area (Å²) in [6.45, 7) is 0.259. The van der Waals surface area contributed by atoms with Gasteiger partial charge >= 0.3 is 0 Å². The molecule has 0 aliphatic rings. The molecule has 0 fully saturated rings. The summed E-state index contributed by atoms with van der Waals surface area (Å²) in [5.41, 5.74) is 6.79. The Kier molecular flexibility index (Phi) is 4.94. The van der Waals surface area contributed by atoms with Crippen LogP contribution in [0.3, 0.4) is 0 Å². The zero-order chi connectivity index (χ0) is 15.4. The van der Waals surface area contributed by atoms with Crippen molar-refractivity contribution in [3.8, 4) is 11.5 Å². The van der Waals surface area contributed by atoms with Crippen LogP contribution in [0.2, 0.25) is 10.0 Å². The van der Waals surface area contributed by atoms with Crippen molar-refractivity contribution in [3.05, 3.63) is 57.6 Å². The molecule has 0 heterocycles. The fourth-order valence-corrected chi connectivity index (χ4v) is 2.14. The van der Waals surface area contributed by atoms with Gasteiger partial charge in [0.1, 0.15) is 12.4 Å². The lowest BCUT2D eigenvalue weighted by atomic mass is 10.2. The Hall–Kier alpha value is -1.91. The quantitative estimate of drug-likeness (QED) is 0.648. The fraction of sp³-hybridized carbons (Fsp3) is 0.133. The number of nitrogen functional groups attached to an aromatic ring is 1. The number of hydrogen-bond acceptors (Lipinski definition) is 3. The van der Waals surface area contributed by atoms with Crippen molar-refractivity contribution >= 4 is 29.0 Å². The maximum absolute atomic E-state index is 7.42. The summed E-state index contributed by atoms with van der Waals surface area (Å²) in [6, 6.07) is 10.4. The van der Waals surface area contributed by atoms with Crippen LogP contribution in [0, 0.1) is 5.41 Å². The van der Waals surface area contributed by atoms with Crippen molar-refractivity contribution in [1.82, 2.24) is 0 Å². The van der Waals surface area contributed by atoms with E-state index in [1.807, 2.05) is 12.1 Å². The molecule has 0 radical (unpaired) electrons. The zero-order valence-electron chi connectivity index (χ0n) is 11.3. The highest BCUT2D eigenvalue weighted by Crippen LogP contribution is 2.31. The Morgan fingerprint density at radius 1 is 1.19 bits per heavy atom. The molecule has 3 N–H and O–H groups in total. The molecule has 21 heavy (non-hydrogen) atoms. The number of benzene rings is 2. The van der Waals surface area contributed by atoms with E-state index in [1.165, 1.54) is 7.11 Å². The van der Waals surface area contributed by atoms with Gasteiger partial charge in [-0.05, 0) is 24.3 Å². The number of hydrogen-bond donors (Lipinski definition) is 2. The van der Waals surface area contributed by atoms with E-state index in [0.29, 0.717) is 27.1 Å². The molecule has 0 saturated heterocycles. The minimum atomic E-state index is -0.0299. The van der Waals surface area contributed by atoms with Crippen molar-refractivity contribution in [3.63, 3.8) is 0 Å². The first kappa shape index (κ1) is 15.5. The molecular weight excluding hydrogens is 311 g/mol. The predicted molar refractivity (Wildman–Crippen MR) is 84.8 cm³/mol. The molecule has 6 heteroatoms. The van der Waals surface area contributed by atoms with Crippen LogP contribution in [0.15, 0.2) is 36.4 Å². The Labute approximate surface area is 132 Å². The van der Waals surface area contributed by atoms with Gasteiger partial charge in [0, 0.05) is 11.1 Å². The molecule has 0 spiro atoms. The molecular formula is C15H14Cl2N2O2. The summed E-state index contributed by atoms with van der Waals surface area (Å²) in [4.78, 5) is 0. The monoisotopic (exact) mass is 324 g/mol. The number of nitrogens with one attached hydrogen (secondary N) is 1. The van der Waals surface area contributed by atoms with Gasteiger partial charge in [0.25, 0.3) is 0 Å². The van der Waals surface area contributed by atoms with Gasteiger partial charge in [0.2, 0.25) is 0 Å². The first-order chi connectivity index (χ1) is 10.0. The summed E-state index contributed by atoms with van der Waals surface area (Å²) in [5.74, 6) is 1.01. The predicted octanol–water partition coefficient (Wildman–Crippen LogP) is 3.87. The number of halogens is 2. The fourth-order valence-electron chi connectivity index (χ4n) is 1.77. The lowest BCUT2D eigenvalue weighted by Gasteiger charge is -2.13. The third-order valence-corrected chi connectivity index (χ3v) is 3.75. The molecule has 110 valence electrons. The Morgan fingerprint density at radius 2 is 1.95 bits per heavy atom. The van der Waals surface area contributed by atoms with E-state index >= 15 is 0 Å². The van der Waals surface area contributed by atoms with E-state index in [2.05, 4.69) is 0 Å². The number of ether oxygens (including phenoxy) is 2. The van der Waals surface area contributed by atoms with Crippen molar-refractivity contribution in [2.45, 2.75) is 6.61 Å². The Balaban J connectivity index is 2.20. The molecule has 2 aromatic carbocycles. The van der Waals surface area contributed by atoms with Crippen molar-refractivity contribution < 1.29 is 9.47 Å². The van der Waals surface area contributed by atoms with Gasteiger partial charge in [0.05, 0.1) is 17.2 Å². The molecule has 0 amide bonds. The topological polar surface area (TPSA) is 68.3 Å². The summed E-state index contributed by atoms with van der Waals surface area (Å²) in [6.07, 6.45) is 0. The van der Waals surface area contributed by atoms with Gasteiger partial charge in [-0.25, -0.2) is 0 Å². The van der Waals surface area contributed by atoms with Crippen LogP contribution in [-0.4, -0.2) is 12.9 Å². The smallest absolute Gasteiger partial charge is 0.161 e. The number of nitrogens with two attached hydrogens (primary N) is 1. The second-order valence-corrected chi connectivity index (χ2v) is 5.07. The number of rotatable bonds is 5. The lowest BCUT2D eigenvalue weighted by molar-refractivity contribution is 0.284. The molecule has 0 saturated carbocycles. The molecule has 0 aliphatic heterocycles. The van der Waals surface area contributed by atoms with Crippen LogP contribution < -0.4 is 15.2 Å². The molecule has 0 aromatic heterocycles. The maximum Gasteiger partial charge on any atom is 0.161 e. The largest absolute Gasteiger partial charge is 0.493 e. The Bertz CT molecular complexity index is 675. The first-order valence-electron chi connectivity index (χ1n) is 6.11. The van der Waals surface area contributed by atoms with Crippen LogP contribution in [-0.2, 0) is 6.61 Å². The first-order valence-corrected chi connectivity index (χ1v) is 6.86. The zero-order valence-corrected chi connectivity index (χ0v) is 12.8. The molecule has 4 nitrogen and oxygen atoms in total. The van der Waals surface area contributed by atoms with Gasteiger partial charge < -0.3 is 15.2 Å². The highest BCUT2D eigenvalue weighted by molar-refractivity contribution is 6.42. The van der Waals surface area contributed by atoms with Crippen LogP contribution in [0.5, 0.6) is 11.5 Å². The van der Waals surface area contributed by atoms with Crippen molar-refractivity contribution in [1.29, 1.82) is 5.41 Å². The standard InChI is InChI=1S/C15H14Cl2N2O2/c1-20-13-7-9(15(18)19)5-6-12(13)21-8-10-3-2-4-11(16)14(10)17/h2-7H,8H2,1H3,(H3,18,19). The maximum atomic E-state index is 7.42. The molecule has 0 aliphatic carbocycles. The van der Waals surface area contributed by atoms with Crippen molar-refractivity contribution in [2.75, 3.05) is 7.11 Å². The Morgan fingerprint density at radius 3 is 2.62 bits per heavy atom. The second-order valence-electron chi connectivity index (χ2n) is 4.28.